The van der Waals surface area contributed by atoms with Crippen molar-refractivity contribution in [1.29, 1.82) is 0 Å². The summed E-state index contributed by atoms with van der Waals surface area (Å²) in [4.78, 5) is 0. The van der Waals surface area contributed by atoms with Crippen LogP contribution in [0.4, 0.5) is 0 Å². The third-order valence-electron chi connectivity index (χ3n) is 0. The smallest absolute Gasteiger partial charge is 0 e. The molecule has 0 aliphatic heterocycles. The van der Waals surface area contributed by atoms with E-state index in [9.17, 15) is 0 Å². The predicted octanol–water partition coefficient (Wildman–Crippen LogP) is 2.86. The first-order chi connectivity index (χ1) is 1.73. The maximum Gasteiger partial charge on any atom is 0 e. The van der Waals surface area contributed by atoms with E-state index in [1.165, 1.54) is 0 Å². The van der Waals surface area contributed by atoms with Crippen molar-refractivity contribution in [2.45, 2.75) is 0 Å². The third kappa shape index (κ3) is 39.4. The van der Waals surface area contributed by atoms with Crippen LogP contribution < -0.4 is 0 Å². The van der Waals surface area contributed by atoms with E-state index < -0.39 is 8.97 Å². The molecule has 0 aromatic rings. The Bertz CT molecular complexity index is 17.1. The van der Waals surface area contributed by atoms with E-state index in [4.69, 9.17) is 0 Å². The number of hydrogen-bond acceptors (Lipinski definition) is 0. The second kappa shape index (κ2) is 23.3. The molecule has 0 N–H and O–H groups in total. The van der Waals surface area contributed by atoms with Gasteiger partial charge in [-0.15, -0.1) is 48.0 Å². The van der Waals surface area contributed by atoms with Crippen molar-refractivity contribution in [1.82, 2.24) is 0 Å². The van der Waals surface area contributed by atoms with Crippen LogP contribution in [0.15, 0.2) is 0 Å². The molecule has 8 heavy (non-hydrogen) atoms. The van der Waals surface area contributed by atoms with Gasteiger partial charge in [-0.3, -0.25) is 0 Å². The maximum atomic E-state index is 2.53. The summed E-state index contributed by atoms with van der Waals surface area (Å²) in [5.41, 5.74) is 0. The van der Waals surface area contributed by atoms with E-state index in [-0.39, 0.29) is 103 Å². The molecule has 0 saturated heterocycles. The van der Waals surface area contributed by atoms with Gasteiger partial charge in [0.25, 0.3) is 0 Å². The summed E-state index contributed by atoms with van der Waals surface area (Å²) in [6, 6.07) is 0. The van der Waals surface area contributed by atoms with Crippen molar-refractivity contribution in [3.63, 3.8) is 0 Å². The van der Waals surface area contributed by atoms with Crippen molar-refractivity contribution in [3.8, 4) is 0 Å². The van der Waals surface area contributed by atoms with Crippen LogP contribution in [0.5, 0.6) is 0 Å². The van der Waals surface area contributed by atoms with Crippen molar-refractivity contribution in [3.05, 3.63) is 0 Å². The molecule has 0 spiro atoms. The average molecular weight is 820 g/mol. The van der Waals surface area contributed by atoms with Gasteiger partial charge in [0.1, 0.15) is 0 Å². The molecule has 0 aromatic carbocycles. The molecule has 0 fully saturated rings. The Morgan fingerprint density at radius 1 is 0.875 bits per heavy atom. The minimum Gasteiger partial charge on any atom is 0 e. The van der Waals surface area contributed by atoms with Gasteiger partial charge in [-0.05, 0) is 0 Å². The largest absolute Gasteiger partial charge is 0 e. The van der Waals surface area contributed by atoms with E-state index in [0.29, 0.717) is 0 Å². The molecule has 0 aliphatic rings. The van der Waals surface area contributed by atoms with Crippen LogP contribution >= 0.6 is 102 Å². The molecule has 0 aromatic heterocycles. The van der Waals surface area contributed by atoms with E-state index in [2.05, 4.69) is 54.4 Å². The molecular formula is H3I5InNaSc. The Kier molecular flexibility index (Phi) is 85.3. The van der Waals surface area contributed by atoms with E-state index in [1.807, 2.05) is 0 Å². The molecule has 45 valence electrons. The molecule has 0 unspecified atom stereocenters. The summed E-state index contributed by atoms with van der Waals surface area (Å²) in [6.45, 7) is 0. The summed E-state index contributed by atoms with van der Waals surface area (Å²) >= 11 is 7.58. The van der Waals surface area contributed by atoms with E-state index >= 15 is 0 Å². The van der Waals surface area contributed by atoms with Crippen molar-refractivity contribution in [2.24, 2.45) is 0 Å². The number of hydrogen-bond donors (Lipinski definition) is 0. The van der Waals surface area contributed by atoms with Gasteiger partial charge in [-0.2, -0.15) is 0 Å². The summed E-state index contributed by atoms with van der Waals surface area (Å²) in [6.07, 6.45) is 0. The quantitative estimate of drug-likeness (QED) is 0.261. The number of rotatable bonds is 0. The summed E-state index contributed by atoms with van der Waals surface area (Å²) in [5.74, 6) is 0. The van der Waals surface area contributed by atoms with Gasteiger partial charge in [0, 0.05) is 25.8 Å². The monoisotopic (exact) mass is 820 g/mol. The van der Waals surface area contributed by atoms with Gasteiger partial charge >= 0.3 is 92.9 Å². The van der Waals surface area contributed by atoms with Gasteiger partial charge in [0.05, 0.1) is 0 Å². The summed E-state index contributed by atoms with van der Waals surface area (Å²) in [5, 5.41) is 0. The predicted molar refractivity (Wildman–Crippen MR) is 85.8 cm³/mol. The molecule has 0 nitrogen and oxygen atoms in total. The fourth-order valence-electron chi connectivity index (χ4n) is 0. The van der Waals surface area contributed by atoms with Crippen LogP contribution in [0.2, 0.25) is 0 Å². The van der Waals surface area contributed by atoms with Crippen molar-refractivity contribution in [2.75, 3.05) is 0 Å². The third-order valence-corrected chi connectivity index (χ3v) is 0. The number of halogens is 5. The average Bonchev–Trinajstić information content (AvgIpc) is 0.811. The minimum atomic E-state index is -0.727. The fourth-order valence-corrected chi connectivity index (χ4v) is 0. The molecule has 0 bridgehead atoms. The summed E-state index contributed by atoms with van der Waals surface area (Å²) in [7, 11) is -0.727. The second-order valence-electron chi connectivity index (χ2n) is 0.247. The molecule has 0 heterocycles. The Balaban J connectivity index is -0.00000000750. The standard InChI is InChI=1S/5HI.In.Na.Sc.H/h5*1H;;;;/q;;;;;+3;;;/p-3. The second-order valence-corrected chi connectivity index (χ2v) is 74.7. The molecular weight excluding hydrogens is 817 g/mol. The van der Waals surface area contributed by atoms with Crippen LogP contribution in [-0.2, 0) is 25.8 Å². The normalized spacial score (nSPS) is 3.38. The molecule has 0 saturated carbocycles. The van der Waals surface area contributed by atoms with Crippen LogP contribution in [0.1, 0.15) is 0 Å². The molecule has 0 aliphatic carbocycles. The van der Waals surface area contributed by atoms with Crippen molar-refractivity contribution >= 4 is 141 Å². The van der Waals surface area contributed by atoms with Crippen LogP contribution in [0.3, 0.4) is 0 Å². The zero-order valence-electron chi connectivity index (χ0n) is 3.11. The van der Waals surface area contributed by atoms with Gasteiger partial charge < -0.3 is 0 Å². The first-order valence-corrected chi connectivity index (χ1v) is 29.5. The Labute approximate surface area is 161 Å². The molecule has 0 atom stereocenters. The molecule has 1 radical (unpaired) electrons. The molecule has 0 rings (SSSR count). The first-order valence-electron chi connectivity index (χ1n) is 0.655. The van der Waals surface area contributed by atoms with Gasteiger partial charge in [-0.1, -0.05) is 0 Å². The van der Waals surface area contributed by atoms with E-state index in [1.54, 1.807) is 0 Å². The van der Waals surface area contributed by atoms with Gasteiger partial charge in [0.15, 0.2) is 0 Å². The first kappa shape index (κ1) is 29.3. The van der Waals surface area contributed by atoms with Gasteiger partial charge in [-0.25, -0.2) is 0 Å². The van der Waals surface area contributed by atoms with Crippen LogP contribution in [-0.4, -0.2) is 38.5 Å². The molecule has 0 amide bonds. The van der Waals surface area contributed by atoms with Crippen molar-refractivity contribution < 1.29 is 25.8 Å². The zero-order valence-corrected chi connectivity index (χ0v) is 19.3. The Morgan fingerprint density at radius 3 is 0.875 bits per heavy atom. The van der Waals surface area contributed by atoms with Crippen LogP contribution in [0, 0.1) is 0 Å². The fraction of sp³-hybridized carbons (Fsp3) is 0. The Hall–Kier alpha value is 6.39. The van der Waals surface area contributed by atoms with Crippen LogP contribution in [0.25, 0.3) is 0 Å². The Morgan fingerprint density at radius 2 is 0.875 bits per heavy atom. The maximum absolute atomic E-state index is 2.53. The van der Waals surface area contributed by atoms with E-state index in [0.717, 1.165) is 0 Å². The molecule has 8 heteroatoms. The minimum absolute atomic E-state index is 0. The SMILES string of the molecule is I.I.[I][In]([I])[I].[NaH].[Sc]. The topological polar surface area (TPSA) is 0 Å². The summed E-state index contributed by atoms with van der Waals surface area (Å²) < 4.78 is 0. The zero-order chi connectivity index (χ0) is 3.58. The van der Waals surface area contributed by atoms with Gasteiger partial charge in [0.2, 0.25) is 0 Å².